The molecule has 5 nitrogen and oxygen atoms in total. The van der Waals surface area contributed by atoms with Crippen LogP contribution in [0.1, 0.15) is 35.0 Å². The van der Waals surface area contributed by atoms with E-state index in [9.17, 15) is 4.79 Å². The van der Waals surface area contributed by atoms with Crippen molar-refractivity contribution in [1.82, 2.24) is 9.78 Å². The molecule has 2 aromatic carbocycles. The zero-order valence-corrected chi connectivity index (χ0v) is 16.9. The summed E-state index contributed by atoms with van der Waals surface area (Å²) < 4.78 is 7.11. The molecule has 1 aliphatic carbocycles. The number of ether oxygens (including phenoxy) is 1. The highest BCUT2D eigenvalue weighted by Crippen LogP contribution is 2.34. The molecule has 28 heavy (non-hydrogen) atoms. The van der Waals surface area contributed by atoms with E-state index in [1.807, 2.05) is 54.1 Å². The second kappa shape index (κ2) is 7.32. The summed E-state index contributed by atoms with van der Waals surface area (Å²) in [7, 11) is 1.64. The van der Waals surface area contributed by atoms with E-state index in [1.54, 1.807) is 7.11 Å². The number of aromatic nitrogens is 2. The van der Waals surface area contributed by atoms with Crippen LogP contribution in [-0.2, 0) is 6.42 Å². The van der Waals surface area contributed by atoms with Gasteiger partial charge >= 0.3 is 0 Å². The topological polar surface area (TPSA) is 56.1 Å². The number of fused-ring (bicyclic) bond motifs is 1. The molecule has 4 rings (SSSR count). The normalized spacial score (nSPS) is 16.0. The van der Waals surface area contributed by atoms with Crippen LogP contribution in [0, 0.1) is 12.8 Å². The number of nitrogens with zero attached hydrogens (tertiary/aromatic N) is 2. The second-order valence-corrected chi connectivity index (χ2v) is 7.71. The average molecular weight is 396 g/mol. The second-order valence-electron chi connectivity index (χ2n) is 7.31. The first-order valence-electron chi connectivity index (χ1n) is 9.29. The molecular formula is C22H22ClN3O2. The van der Waals surface area contributed by atoms with Crippen molar-refractivity contribution < 1.29 is 9.53 Å². The van der Waals surface area contributed by atoms with E-state index in [1.165, 1.54) is 0 Å². The number of rotatable bonds is 4. The van der Waals surface area contributed by atoms with Crippen LogP contribution >= 0.6 is 11.6 Å². The van der Waals surface area contributed by atoms with Crippen LogP contribution in [0.4, 0.5) is 11.5 Å². The van der Waals surface area contributed by atoms with Gasteiger partial charge in [0.25, 0.3) is 0 Å². The van der Waals surface area contributed by atoms with E-state index in [0.29, 0.717) is 22.8 Å². The summed E-state index contributed by atoms with van der Waals surface area (Å²) >= 11 is 6.26. The third kappa shape index (κ3) is 3.38. The smallest absolute Gasteiger partial charge is 0.168 e. The Bertz CT molecular complexity index is 1040. The van der Waals surface area contributed by atoms with Gasteiger partial charge in [-0.05, 0) is 61.2 Å². The van der Waals surface area contributed by atoms with Crippen LogP contribution in [0.3, 0.4) is 0 Å². The van der Waals surface area contributed by atoms with Gasteiger partial charge < -0.3 is 10.1 Å². The number of aryl methyl sites for hydroxylation is 1. The number of Topliss-reactive ketones (excluding diaryl/α,β-unsaturated/α-hetero) is 1. The Morgan fingerprint density at radius 2 is 1.93 bits per heavy atom. The number of hydrogen-bond acceptors (Lipinski definition) is 4. The number of carbonyl (C=O) groups is 1. The number of hydrogen-bond donors (Lipinski definition) is 1. The lowest BCUT2D eigenvalue weighted by atomic mass is 9.87. The number of nitrogens with one attached hydrogen (secondary N) is 1. The summed E-state index contributed by atoms with van der Waals surface area (Å²) in [5.41, 5.74) is 4.32. The number of halogens is 1. The molecule has 1 unspecified atom stereocenters. The minimum absolute atomic E-state index is 0.120. The Hall–Kier alpha value is -2.79. The largest absolute Gasteiger partial charge is 0.497 e. The Balaban J connectivity index is 1.80. The minimum Gasteiger partial charge on any atom is -0.497 e. The van der Waals surface area contributed by atoms with Crippen LogP contribution in [0.15, 0.2) is 42.5 Å². The Labute approximate surface area is 169 Å². The van der Waals surface area contributed by atoms with Gasteiger partial charge in [0.1, 0.15) is 5.75 Å². The monoisotopic (exact) mass is 395 g/mol. The molecule has 0 radical (unpaired) electrons. The fraction of sp³-hybridized carbons (Fsp3) is 0.273. The molecule has 0 bridgehead atoms. The minimum atomic E-state index is 0.120. The Morgan fingerprint density at radius 3 is 2.61 bits per heavy atom. The van der Waals surface area contributed by atoms with E-state index in [2.05, 4.69) is 12.2 Å². The molecule has 1 atom stereocenters. The molecule has 1 aromatic heterocycles. The molecular weight excluding hydrogens is 374 g/mol. The SMILES string of the molecule is COc1ccc(-n2nc(Nc3ccc(C)c(Cl)c3)c3c2CC(C)CC3=O)cc1. The van der Waals surface area contributed by atoms with Crippen molar-refractivity contribution >= 4 is 28.9 Å². The first-order valence-corrected chi connectivity index (χ1v) is 9.66. The predicted molar refractivity (Wildman–Crippen MR) is 111 cm³/mol. The van der Waals surface area contributed by atoms with Gasteiger partial charge in [0.05, 0.1) is 24.1 Å². The maximum Gasteiger partial charge on any atom is 0.168 e. The van der Waals surface area contributed by atoms with Crippen molar-refractivity contribution in [2.24, 2.45) is 5.92 Å². The predicted octanol–water partition coefficient (Wildman–Crippen LogP) is 5.35. The van der Waals surface area contributed by atoms with Gasteiger partial charge in [-0.15, -0.1) is 5.10 Å². The van der Waals surface area contributed by atoms with E-state index in [4.69, 9.17) is 21.4 Å². The summed E-state index contributed by atoms with van der Waals surface area (Å²) in [6, 6.07) is 13.4. The fourth-order valence-corrected chi connectivity index (χ4v) is 3.77. The van der Waals surface area contributed by atoms with Gasteiger partial charge in [-0.3, -0.25) is 4.79 Å². The number of carbonyl (C=O) groups excluding carboxylic acids is 1. The fourth-order valence-electron chi connectivity index (χ4n) is 3.59. The third-order valence-corrected chi connectivity index (χ3v) is 5.49. The molecule has 3 aromatic rings. The molecule has 0 saturated carbocycles. The van der Waals surface area contributed by atoms with E-state index >= 15 is 0 Å². The van der Waals surface area contributed by atoms with E-state index in [-0.39, 0.29) is 11.7 Å². The first-order chi connectivity index (χ1) is 13.5. The number of benzene rings is 2. The maximum absolute atomic E-state index is 12.8. The quantitative estimate of drug-likeness (QED) is 0.646. The van der Waals surface area contributed by atoms with Crippen molar-refractivity contribution in [3.63, 3.8) is 0 Å². The molecule has 144 valence electrons. The molecule has 0 saturated heterocycles. The number of anilines is 2. The van der Waals surface area contributed by atoms with Crippen LogP contribution in [0.25, 0.3) is 5.69 Å². The van der Waals surface area contributed by atoms with Gasteiger partial charge in [-0.1, -0.05) is 24.6 Å². The zero-order chi connectivity index (χ0) is 19.8. The van der Waals surface area contributed by atoms with Gasteiger partial charge in [0.15, 0.2) is 11.6 Å². The average Bonchev–Trinajstić information content (AvgIpc) is 3.03. The molecule has 0 fully saturated rings. The van der Waals surface area contributed by atoms with Crippen LogP contribution in [0.5, 0.6) is 5.75 Å². The summed E-state index contributed by atoms with van der Waals surface area (Å²) in [5, 5.41) is 8.72. The lowest BCUT2D eigenvalue weighted by molar-refractivity contribution is 0.0953. The summed E-state index contributed by atoms with van der Waals surface area (Å²) in [6.45, 7) is 4.05. The third-order valence-electron chi connectivity index (χ3n) is 5.09. The highest BCUT2D eigenvalue weighted by Gasteiger charge is 2.31. The van der Waals surface area contributed by atoms with Gasteiger partial charge in [0, 0.05) is 17.1 Å². The van der Waals surface area contributed by atoms with Crippen molar-refractivity contribution in [2.75, 3.05) is 12.4 Å². The molecule has 6 heteroatoms. The molecule has 1 aliphatic rings. The highest BCUT2D eigenvalue weighted by atomic mass is 35.5. The molecule has 1 heterocycles. The van der Waals surface area contributed by atoms with Gasteiger partial charge in [-0.2, -0.15) is 0 Å². The summed E-state index contributed by atoms with van der Waals surface area (Å²) in [6.07, 6.45) is 1.33. The first kappa shape index (κ1) is 18.6. The lowest BCUT2D eigenvalue weighted by Crippen LogP contribution is -2.19. The van der Waals surface area contributed by atoms with Crippen molar-refractivity contribution in [3.8, 4) is 11.4 Å². The summed E-state index contributed by atoms with van der Waals surface area (Å²) in [4.78, 5) is 12.8. The Morgan fingerprint density at radius 1 is 1.18 bits per heavy atom. The van der Waals surface area contributed by atoms with E-state index in [0.717, 1.165) is 34.8 Å². The maximum atomic E-state index is 12.8. The van der Waals surface area contributed by atoms with Gasteiger partial charge in [0.2, 0.25) is 0 Å². The highest BCUT2D eigenvalue weighted by molar-refractivity contribution is 6.31. The standard InChI is InChI=1S/C22H22ClN3O2/c1-13-10-19-21(20(27)11-13)22(24-15-5-4-14(2)18(23)12-15)25-26(19)16-6-8-17(28-3)9-7-16/h4-9,12-13H,10-11H2,1-3H3,(H,24,25). The zero-order valence-electron chi connectivity index (χ0n) is 16.1. The van der Waals surface area contributed by atoms with E-state index < -0.39 is 0 Å². The summed E-state index contributed by atoms with van der Waals surface area (Å²) in [5.74, 6) is 1.76. The van der Waals surface area contributed by atoms with Gasteiger partial charge in [-0.25, -0.2) is 4.68 Å². The van der Waals surface area contributed by atoms with Crippen LogP contribution in [0.2, 0.25) is 5.02 Å². The molecule has 0 aliphatic heterocycles. The molecule has 0 amide bonds. The number of methoxy groups -OCH3 is 1. The van der Waals surface area contributed by atoms with Crippen LogP contribution < -0.4 is 10.1 Å². The molecule has 1 N–H and O–H groups in total. The van der Waals surface area contributed by atoms with Crippen molar-refractivity contribution in [1.29, 1.82) is 0 Å². The van der Waals surface area contributed by atoms with Crippen molar-refractivity contribution in [3.05, 3.63) is 64.3 Å². The van der Waals surface area contributed by atoms with Crippen LogP contribution in [-0.4, -0.2) is 22.7 Å². The van der Waals surface area contributed by atoms with Crippen molar-refractivity contribution in [2.45, 2.75) is 26.7 Å². The molecule has 0 spiro atoms. The Kier molecular flexibility index (Phi) is 4.85. The number of ketones is 1. The lowest BCUT2D eigenvalue weighted by Gasteiger charge is -2.19.